The maximum Gasteiger partial charge on any atom is 0.165 e. The molecule has 27 heavy (non-hydrogen) atoms. The highest BCUT2D eigenvalue weighted by atomic mass is 16.1. The van der Waals surface area contributed by atoms with E-state index in [9.17, 15) is 4.79 Å². The van der Waals surface area contributed by atoms with Gasteiger partial charge in [0, 0.05) is 11.5 Å². The number of hydrogen-bond acceptors (Lipinski definition) is 1. The molecule has 0 heterocycles. The van der Waals surface area contributed by atoms with Crippen molar-refractivity contribution in [2.45, 2.75) is 117 Å². The van der Waals surface area contributed by atoms with Crippen LogP contribution in [0.1, 0.15) is 127 Å². The summed E-state index contributed by atoms with van der Waals surface area (Å²) in [7, 11) is 0. The average molecular weight is 373 g/mol. The molecule has 0 aromatic heterocycles. The van der Waals surface area contributed by atoms with Crippen LogP contribution in [0.2, 0.25) is 0 Å². The predicted molar refractivity (Wildman–Crippen MR) is 119 cm³/mol. The van der Waals surface area contributed by atoms with Crippen LogP contribution in [-0.2, 0) is 0 Å². The van der Waals surface area contributed by atoms with Gasteiger partial charge < -0.3 is 0 Å². The minimum Gasteiger partial charge on any atom is -0.294 e. The van der Waals surface area contributed by atoms with Gasteiger partial charge in [0.05, 0.1) is 0 Å². The molecular weight excluding hydrogens is 328 g/mol. The summed E-state index contributed by atoms with van der Waals surface area (Å²) >= 11 is 0. The molecule has 1 aromatic rings. The Labute approximate surface area is 169 Å². The van der Waals surface area contributed by atoms with E-state index in [0.29, 0.717) is 5.78 Å². The number of carbonyl (C=O) groups excluding carboxylic acids is 1. The van der Waals surface area contributed by atoms with Crippen LogP contribution in [-0.4, -0.2) is 5.78 Å². The molecule has 0 N–H and O–H groups in total. The molecule has 1 nitrogen and oxygen atoms in total. The summed E-state index contributed by atoms with van der Waals surface area (Å²) in [6.45, 7) is 4.37. The summed E-state index contributed by atoms with van der Waals surface area (Å²) in [5, 5.41) is 0. The van der Waals surface area contributed by atoms with E-state index in [4.69, 9.17) is 0 Å². The summed E-state index contributed by atoms with van der Waals surface area (Å²) in [6, 6.07) is 9.74. The lowest BCUT2D eigenvalue weighted by molar-refractivity contribution is 0.0922. The van der Waals surface area contributed by atoms with Gasteiger partial charge in [0.2, 0.25) is 0 Å². The second-order valence-corrected chi connectivity index (χ2v) is 8.37. The lowest BCUT2D eigenvalue weighted by Crippen LogP contribution is -2.11. The van der Waals surface area contributed by atoms with E-state index in [1.807, 2.05) is 30.3 Å². The highest BCUT2D eigenvalue weighted by Crippen LogP contribution is 2.17. The van der Waals surface area contributed by atoms with Crippen LogP contribution in [0.5, 0.6) is 0 Å². The van der Waals surface area contributed by atoms with E-state index in [0.717, 1.165) is 12.0 Å². The standard InChI is InChI=1S/C26H44O/c1-3-4-5-6-7-8-9-10-11-12-13-14-15-16-18-21-24(2)26(27)25-22-19-17-20-23-25/h17,19-20,22-24H,3-16,18,21H2,1-2H3. The third kappa shape index (κ3) is 12.8. The minimum atomic E-state index is 0.161. The molecule has 1 unspecified atom stereocenters. The fourth-order valence-electron chi connectivity index (χ4n) is 3.84. The van der Waals surface area contributed by atoms with Crippen LogP contribution in [0.15, 0.2) is 30.3 Å². The Balaban J connectivity index is 1.84. The Morgan fingerprint density at radius 3 is 1.52 bits per heavy atom. The van der Waals surface area contributed by atoms with Gasteiger partial charge >= 0.3 is 0 Å². The van der Waals surface area contributed by atoms with E-state index in [2.05, 4.69) is 13.8 Å². The van der Waals surface area contributed by atoms with Gasteiger partial charge in [-0.3, -0.25) is 4.79 Å². The van der Waals surface area contributed by atoms with Crippen molar-refractivity contribution in [3.05, 3.63) is 35.9 Å². The van der Waals surface area contributed by atoms with Gasteiger partial charge in [0.25, 0.3) is 0 Å². The van der Waals surface area contributed by atoms with Crippen molar-refractivity contribution in [3.63, 3.8) is 0 Å². The van der Waals surface area contributed by atoms with Crippen molar-refractivity contribution < 1.29 is 4.79 Å². The highest BCUT2D eigenvalue weighted by Gasteiger charge is 2.13. The summed E-state index contributed by atoms with van der Waals surface area (Å²) in [6.07, 6.45) is 21.9. The van der Waals surface area contributed by atoms with Crippen LogP contribution in [0.4, 0.5) is 0 Å². The molecule has 0 aliphatic carbocycles. The molecule has 0 amide bonds. The SMILES string of the molecule is CCCCCCCCCCCCCCCCCC(C)C(=O)c1ccccc1. The molecule has 1 atom stereocenters. The quantitative estimate of drug-likeness (QED) is 0.186. The number of carbonyl (C=O) groups is 1. The Morgan fingerprint density at radius 1 is 0.667 bits per heavy atom. The van der Waals surface area contributed by atoms with Gasteiger partial charge in [-0.05, 0) is 6.42 Å². The van der Waals surface area contributed by atoms with Crippen LogP contribution in [0.25, 0.3) is 0 Å². The Bertz CT molecular complexity index is 451. The zero-order chi connectivity index (χ0) is 19.6. The average Bonchev–Trinajstić information content (AvgIpc) is 2.70. The van der Waals surface area contributed by atoms with E-state index in [1.165, 1.54) is 96.3 Å². The molecule has 0 aliphatic heterocycles. The van der Waals surface area contributed by atoms with Gasteiger partial charge in [-0.25, -0.2) is 0 Å². The van der Waals surface area contributed by atoms with Gasteiger partial charge in [0.15, 0.2) is 5.78 Å². The molecule has 0 saturated heterocycles. The van der Waals surface area contributed by atoms with Crippen molar-refractivity contribution >= 4 is 5.78 Å². The summed E-state index contributed by atoms with van der Waals surface area (Å²) in [4.78, 5) is 12.3. The molecule has 1 aromatic carbocycles. The van der Waals surface area contributed by atoms with Crippen molar-refractivity contribution in [2.75, 3.05) is 0 Å². The van der Waals surface area contributed by atoms with Crippen LogP contribution >= 0.6 is 0 Å². The Kier molecular flexibility index (Phi) is 15.1. The molecule has 154 valence electrons. The van der Waals surface area contributed by atoms with Crippen LogP contribution in [0.3, 0.4) is 0 Å². The molecular formula is C26H44O. The number of rotatable bonds is 18. The summed E-state index contributed by atoms with van der Waals surface area (Å²) < 4.78 is 0. The van der Waals surface area contributed by atoms with E-state index < -0.39 is 0 Å². The molecule has 0 saturated carbocycles. The van der Waals surface area contributed by atoms with Crippen molar-refractivity contribution in [2.24, 2.45) is 5.92 Å². The molecule has 0 aliphatic rings. The first-order valence-corrected chi connectivity index (χ1v) is 11.8. The van der Waals surface area contributed by atoms with Gasteiger partial charge in [0.1, 0.15) is 0 Å². The maximum atomic E-state index is 12.3. The zero-order valence-corrected chi connectivity index (χ0v) is 18.2. The summed E-state index contributed by atoms with van der Waals surface area (Å²) in [5.74, 6) is 0.468. The number of benzene rings is 1. The fourth-order valence-corrected chi connectivity index (χ4v) is 3.84. The normalized spacial score (nSPS) is 12.2. The lowest BCUT2D eigenvalue weighted by Gasteiger charge is -2.10. The number of unbranched alkanes of at least 4 members (excludes halogenated alkanes) is 14. The molecule has 1 rings (SSSR count). The number of ketones is 1. The predicted octanol–water partition coefficient (Wildman–Crippen LogP) is 8.77. The first-order chi connectivity index (χ1) is 13.3. The second-order valence-electron chi connectivity index (χ2n) is 8.37. The topological polar surface area (TPSA) is 17.1 Å². The van der Waals surface area contributed by atoms with E-state index in [1.54, 1.807) is 0 Å². The first-order valence-electron chi connectivity index (χ1n) is 11.8. The van der Waals surface area contributed by atoms with Crippen LogP contribution < -0.4 is 0 Å². The second kappa shape index (κ2) is 17.0. The smallest absolute Gasteiger partial charge is 0.165 e. The third-order valence-electron chi connectivity index (χ3n) is 5.75. The molecule has 1 heteroatoms. The van der Waals surface area contributed by atoms with Crippen LogP contribution in [0, 0.1) is 5.92 Å². The van der Waals surface area contributed by atoms with Crippen molar-refractivity contribution in [1.29, 1.82) is 0 Å². The highest BCUT2D eigenvalue weighted by molar-refractivity contribution is 5.97. The zero-order valence-electron chi connectivity index (χ0n) is 18.2. The van der Waals surface area contributed by atoms with Crippen molar-refractivity contribution in [3.8, 4) is 0 Å². The fraction of sp³-hybridized carbons (Fsp3) is 0.731. The molecule has 0 radical (unpaired) electrons. The van der Waals surface area contributed by atoms with Crippen molar-refractivity contribution in [1.82, 2.24) is 0 Å². The number of Topliss-reactive ketones (excluding diaryl/α,β-unsaturated/α-hetero) is 1. The van der Waals surface area contributed by atoms with Gasteiger partial charge in [-0.1, -0.05) is 140 Å². The lowest BCUT2D eigenvalue weighted by atomic mass is 9.94. The van der Waals surface area contributed by atoms with E-state index in [-0.39, 0.29) is 5.92 Å². The summed E-state index contributed by atoms with van der Waals surface area (Å²) in [5.41, 5.74) is 0.867. The largest absolute Gasteiger partial charge is 0.294 e. The third-order valence-corrected chi connectivity index (χ3v) is 5.75. The minimum absolute atomic E-state index is 0.161. The van der Waals surface area contributed by atoms with Gasteiger partial charge in [-0.15, -0.1) is 0 Å². The van der Waals surface area contributed by atoms with E-state index >= 15 is 0 Å². The molecule has 0 spiro atoms. The number of hydrogen-bond donors (Lipinski definition) is 0. The molecule has 0 bridgehead atoms. The first kappa shape index (κ1) is 23.9. The Morgan fingerprint density at radius 2 is 1.07 bits per heavy atom. The monoisotopic (exact) mass is 372 g/mol. The van der Waals surface area contributed by atoms with Gasteiger partial charge in [-0.2, -0.15) is 0 Å². The molecule has 0 fully saturated rings. The Hall–Kier alpha value is -1.11. The maximum absolute atomic E-state index is 12.3.